The maximum absolute atomic E-state index is 11.0. The highest BCUT2D eigenvalue weighted by atomic mass is 35.5. The van der Waals surface area contributed by atoms with Crippen LogP contribution in [0.2, 0.25) is 5.02 Å². The molecule has 0 aliphatic rings. The average molecular weight is 293 g/mol. The van der Waals surface area contributed by atoms with Crippen LogP contribution in [0.5, 0.6) is 11.5 Å². The van der Waals surface area contributed by atoms with E-state index in [0.29, 0.717) is 17.3 Å². The largest absolute Gasteiger partial charge is 0.450 e. The zero-order valence-corrected chi connectivity index (χ0v) is 11.6. The van der Waals surface area contributed by atoms with Gasteiger partial charge in [-0.05, 0) is 30.2 Å². The van der Waals surface area contributed by atoms with Crippen molar-refractivity contribution < 1.29 is 9.66 Å². The third-order valence-corrected chi connectivity index (χ3v) is 3.06. The minimum atomic E-state index is -0.506. The fourth-order valence-corrected chi connectivity index (χ4v) is 1.88. The number of hydrogen-bond donors (Lipinski definition) is 1. The first-order chi connectivity index (χ1) is 9.51. The first kappa shape index (κ1) is 14.3. The molecule has 0 aliphatic heterocycles. The Balaban J connectivity index is 2.43. The van der Waals surface area contributed by atoms with E-state index < -0.39 is 4.92 Å². The molecular weight excluding hydrogens is 280 g/mol. The Labute approximate surface area is 121 Å². The molecule has 2 aromatic rings. The highest BCUT2D eigenvalue weighted by Crippen LogP contribution is 2.35. The van der Waals surface area contributed by atoms with Gasteiger partial charge in [-0.15, -0.1) is 0 Å². The van der Waals surface area contributed by atoms with Crippen molar-refractivity contribution in [2.45, 2.75) is 13.5 Å². The van der Waals surface area contributed by atoms with E-state index in [2.05, 4.69) is 0 Å². The second kappa shape index (κ2) is 5.90. The molecule has 0 heterocycles. The third-order valence-electron chi connectivity index (χ3n) is 2.83. The fourth-order valence-electron chi connectivity index (χ4n) is 1.72. The van der Waals surface area contributed by atoms with Crippen molar-refractivity contribution in [2.75, 3.05) is 0 Å². The van der Waals surface area contributed by atoms with Gasteiger partial charge in [0.25, 0.3) is 0 Å². The van der Waals surface area contributed by atoms with Crippen LogP contribution in [0, 0.1) is 17.0 Å². The lowest BCUT2D eigenvalue weighted by Crippen LogP contribution is -1.98. The molecule has 0 radical (unpaired) electrons. The Morgan fingerprint density at radius 1 is 1.25 bits per heavy atom. The number of nitrogens with zero attached hydrogens (tertiary/aromatic N) is 1. The fraction of sp³-hybridized carbons (Fsp3) is 0.143. The molecular formula is C14H13ClN2O3. The predicted octanol–water partition coefficient (Wildman–Crippen LogP) is 3.81. The molecule has 0 spiro atoms. The molecule has 5 nitrogen and oxygen atoms in total. The molecule has 0 aliphatic carbocycles. The van der Waals surface area contributed by atoms with Gasteiger partial charge < -0.3 is 10.5 Å². The number of halogens is 1. The van der Waals surface area contributed by atoms with E-state index in [1.165, 1.54) is 18.2 Å². The van der Waals surface area contributed by atoms with Gasteiger partial charge in [0, 0.05) is 23.7 Å². The number of nitro groups is 1. The van der Waals surface area contributed by atoms with Crippen LogP contribution in [0.4, 0.5) is 5.69 Å². The number of rotatable bonds is 4. The second-order valence-electron chi connectivity index (χ2n) is 4.28. The van der Waals surface area contributed by atoms with E-state index in [4.69, 9.17) is 22.1 Å². The summed E-state index contributed by atoms with van der Waals surface area (Å²) in [6.07, 6.45) is 0. The topological polar surface area (TPSA) is 78.4 Å². The van der Waals surface area contributed by atoms with Crippen molar-refractivity contribution in [3.05, 3.63) is 62.7 Å². The van der Waals surface area contributed by atoms with Crippen LogP contribution in [0.3, 0.4) is 0 Å². The molecule has 0 amide bonds. The van der Waals surface area contributed by atoms with E-state index in [1.54, 1.807) is 6.07 Å². The first-order valence-corrected chi connectivity index (χ1v) is 6.30. The van der Waals surface area contributed by atoms with E-state index in [9.17, 15) is 10.1 Å². The van der Waals surface area contributed by atoms with Crippen molar-refractivity contribution in [1.29, 1.82) is 0 Å². The minimum Gasteiger partial charge on any atom is -0.450 e. The quantitative estimate of drug-likeness (QED) is 0.686. The van der Waals surface area contributed by atoms with Crippen LogP contribution in [0.25, 0.3) is 0 Å². The van der Waals surface area contributed by atoms with Crippen LogP contribution in [0.15, 0.2) is 36.4 Å². The summed E-state index contributed by atoms with van der Waals surface area (Å²) in [7, 11) is 0. The SMILES string of the molecule is Cc1ccc(CN)cc1Oc1cc(Cl)ccc1[N+](=O)[O-]. The molecule has 0 unspecified atom stereocenters. The summed E-state index contributed by atoms with van der Waals surface area (Å²) in [6.45, 7) is 2.22. The molecule has 2 rings (SSSR count). The molecule has 6 heteroatoms. The number of hydrogen-bond acceptors (Lipinski definition) is 4. The van der Waals surface area contributed by atoms with Crippen LogP contribution < -0.4 is 10.5 Å². The number of aryl methyl sites for hydroxylation is 1. The summed E-state index contributed by atoms with van der Waals surface area (Å²) in [6, 6.07) is 9.70. The van der Waals surface area contributed by atoms with Crippen molar-refractivity contribution in [3.63, 3.8) is 0 Å². The van der Waals surface area contributed by atoms with Crippen molar-refractivity contribution in [2.24, 2.45) is 5.73 Å². The minimum absolute atomic E-state index is 0.111. The van der Waals surface area contributed by atoms with Crippen LogP contribution in [0.1, 0.15) is 11.1 Å². The first-order valence-electron chi connectivity index (χ1n) is 5.92. The normalized spacial score (nSPS) is 10.3. The van der Waals surface area contributed by atoms with Crippen LogP contribution >= 0.6 is 11.6 Å². The summed E-state index contributed by atoms with van der Waals surface area (Å²) in [5.74, 6) is 0.637. The van der Waals surface area contributed by atoms with Crippen molar-refractivity contribution >= 4 is 17.3 Å². The van der Waals surface area contributed by atoms with Gasteiger partial charge in [-0.25, -0.2) is 0 Å². The number of benzene rings is 2. The summed E-state index contributed by atoms with van der Waals surface area (Å²) in [4.78, 5) is 10.5. The number of nitro benzene ring substituents is 1. The standard InChI is InChI=1S/C14H13ClN2O3/c1-9-2-3-10(8-16)6-13(9)20-14-7-11(15)4-5-12(14)17(18)19/h2-7H,8,16H2,1H3. The molecule has 104 valence electrons. The molecule has 0 saturated carbocycles. The molecule has 0 aromatic heterocycles. The van der Waals surface area contributed by atoms with Gasteiger partial charge in [0.1, 0.15) is 5.75 Å². The maximum atomic E-state index is 11.0. The van der Waals surface area contributed by atoms with Gasteiger partial charge >= 0.3 is 5.69 Å². The molecule has 2 N–H and O–H groups in total. The Morgan fingerprint density at radius 3 is 2.65 bits per heavy atom. The smallest absolute Gasteiger partial charge is 0.311 e. The zero-order valence-electron chi connectivity index (χ0n) is 10.8. The van der Waals surface area contributed by atoms with E-state index in [0.717, 1.165) is 11.1 Å². The second-order valence-corrected chi connectivity index (χ2v) is 4.71. The van der Waals surface area contributed by atoms with Gasteiger partial charge in [-0.1, -0.05) is 23.7 Å². The highest BCUT2D eigenvalue weighted by molar-refractivity contribution is 6.30. The Hall–Kier alpha value is -2.11. The lowest BCUT2D eigenvalue weighted by molar-refractivity contribution is -0.385. The molecule has 0 saturated heterocycles. The van der Waals surface area contributed by atoms with E-state index in [1.807, 2.05) is 19.1 Å². The lowest BCUT2D eigenvalue weighted by Gasteiger charge is -2.10. The summed E-state index contributed by atoms with van der Waals surface area (Å²) in [5.41, 5.74) is 7.19. The Kier molecular flexibility index (Phi) is 4.22. The average Bonchev–Trinajstić information content (AvgIpc) is 2.41. The van der Waals surface area contributed by atoms with Gasteiger partial charge in [-0.2, -0.15) is 0 Å². The zero-order chi connectivity index (χ0) is 14.7. The maximum Gasteiger partial charge on any atom is 0.311 e. The lowest BCUT2D eigenvalue weighted by atomic mass is 10.1. The Bertz CT molecular complexity index is 659. The molecule has 20 heavy (non-hydrogen) atoms. The van der Waals surface area contributed by atoms with Crippen molar-refractivity contribution in [3.8, 4) is 11.5 Å². The number of nitrogens with two attached hydrogens (primary N) is 1. The van der Waals surface area contributed by atoms with E-state index in [-0.39, 0.29) is 11.4 Å². The third kappa shape index (κ3) is 3.07. The monoisotopic (exact) mass is 292 g/mol. The molecule has 0 bridgehead atoms. The number of ether oxygens (including phenoxy) is 1. The van der Waals surface area contributed by atoms with Gasteiger partial charge in [0.05, 0.1) is 4.92 Å². The Morgan fingerprint density at radius 2 is 2.00 bits per heavy atom. The molecule has 0 atom stereocenters. The molecule has 0 fully saturated rings. The van der Waals surface area contributed by atoms with E-state index >= 15 is 0 Å². The van der Waals surface area contributed by atoms with Gasteiger partial charge in [0.2, 0.25) is 5.75 Å². The summed E-state index contributed by atoms with van der Waals surface area (Å²) < 4.78 is 5.64. The van der Waals surface area contributed by atoms with Gasteiger partial charge in [-0.3, -0.25) is 10.1 Å². The predicted molar refractivity (Wildman–Crippen MR) is 77.3 cm³/mol. The summed E-state index contributed by atoms with van der Waals surface area (Å²) in [5, 5.41) is 11.4. The van der Waals surface area contributed by atoms with Gasteiger partial charge in [0.15, 0.2) is 0 Å². The summed E-state index contributed by atoms with van der Waals surface area (Å²) >= 11 is 5.86. The van der Waals surface area contributed by atoms with Crippen molar-refractivity contribution in [1.82, 2.24) is 0 Å². The highest BCUT2D eigenvalue weighted by Gasteiger charge is 2.17. The van der Waals surface area contributed by atoms with Crippen LogP contribution in [-0.4, -0.2) is 4.92 Å². The molecule has 2 aromatic carbocycles. The van der Waals surface area contributed by atoms with Crippen LogP contribution in [-0.2, 0) is 6.54 Å².